The van der Waals surface area contributed by atoms with E-state index in [0.29, 0.717) is 37.8 Å². The molecule has 0 unspecified atom stereocenters. The normalized spacial score (nSPS) is 16.8. The molecule has 2 heterocycles. The van der Waals surface area contributed by atoms with Crippen LogP contribution in [-0.2, 0) is 14.8 Å². The van der Waals surface area contributed by atoms with Gasteiger partial charge in [-0.2, -0.15) is 4.31 Å². The van der Waals surface area contributed by atoms with Gasteiger partial charge in [-0.3, -0.25) is 4.79 Å². The van der Waals surface area contributed by atoms with Crippen LogP contribution in [0.25, 0.3) is 0 Å². The topological polar surface area (TPSA) is 83.5 Å². The predicted octanol–water partition coefficient (Wildman–Crippen LogP) is 0.289. The number of carbonyl (C=O) groups is 1. The highest BCUT2D eigenvalue weighted by atomic mass is 32.2. The molecular formula is C13H20N4O3S2. The second kappa shape index (κ2) is 6.93. The molecule has 2 rings (SSSR count). The van der Waals surface area contributed by atoms with Crippen molar-refractivity contribution in [3.05, 3.63) is 17.6 Å². The van der Waals surface area contributed by atoms with E-state index in [-0.39, 0.29) is 5.91 Å². The van der Waals surface area contributed by atoms with E-state index in [9.17, 15) is 13.2 Å². The standard InChI is InChI=1S/C13H20N4O3S2/c1-10-8-12(15-11(2)14-10)21-9-13(18)16-4-6-17(7-5-16)22(3,19)20/h8H,4-7,9H2,1-3H3. The molecule has 122 valence electrons. The lowest BCUT2D eigenvalue weighted by atomic mass is 10.3. The molecule has 7 nitrogen and oxygen atoms in total. The summed E-state index contributed by atoms with van der Waals surface area (Å²) in [4.78, 5) is 22.4. The molecule has 0 aromatic carbocycles. The predicted molar refractivity (Wildman–Crippen MR) is 85.2 cm³/mol. The van der Waals surface area contributed by atoms with Gasteiger partial charge in [-0.1, -0.05) is 11.8 Å². The molecule has 1 aliphatic heterocycles. The Labute approximate surface area is 135 Å². The highest BCUT2D eigenvalue weighted by Crippen LogP contribution is 2.17. The highest BCUT2D eigenvalue weighted by molar-refractivity contribution is 7.99. The van der Waals surface area contributed by atoms with Crippen LogP contribution in [0.2, 0.25) is 0 Å². The Kier molecular flexibility index (Phi) is 5.41. The summed E-state index contributed by atoms with van der Waals surface area (Å²) in [7, 11) is -3.17. The van der Waals surface area contributed by atoms with Gasteiger partial charge in [0.15, 0.2) is 0 Å². The fourth-order valence-corrected chi connectivity index (χ4v) is 3.98. The molecule has 1 aromatic rings. The van der Waals surface area contributed by atoms with Gasteiger partial charge in [0.2, 0.25) is 15.9 Å². The first-order valence-electron chi connectivity index (χ1n) is 6.93. The van der Waals surface area contributed by atoms with E-state index < -0.39 is 10.0 Å². The molecule has 0 bridgehead atoms. The summed E-state index contributed by atoms with van der Waals surface area (Å²) in [5, 5.41) is 0.785. The maximum atomic E-state index is 12.2. The van der Waals surface area contributed by atoms with Gasteiger partial charge in [0.1, 0.15) is 10.9 Å². The largest absolute Gasteiger partial charge is 0.339 e. The lowest BCUT2D eigenvalue weighted by Crippen LogP contribution is -2.50. The van der Waals surface area contributed by atoms with Crippen molar-refractivity contribution < 1.29 is 13.2 Å². The number of aromatic nitrogens is 2. The van der Waals surface area contributed by atoms with Crippen molar-refractivity contribution in [1.29, 1.82) is 0 Å². The maximum Gasteiger partial charge on any atom is 0.233 e. The molecule has 0 aliphatic carbocycles. The van der Waals surface area contributed by atoms with Gasteiger partial charge in [0, 0.05) is 31.9 Å². The molecule has 1 fully saturated rings. The number of nitrogens with zero attached hydrogens (tertiary/aromatic N) is 4. The number of thioether (sulfide) groups is 1. The molecule has 1 saturated heterocycles. The van der Waals surface area contributed by atoms with Crippen LogP contribution in [0.5, 0.6) is 0 Å². The second-order valence-electron chi connectivity index (χ2n) is 5.23. The van der Waals surface area contributed by atoms with Crippen LogP contribution in [0, 0.1) is 13.8 Å². The van der Waals surface area contributed by atoms with Gasteiger partial charge in [-0.25, -0.2) is 18.4 Å². The van der Waals surface area contributed by atoms with Crippen molar-refractivity contribution in [2.45, 2.75) is 18.9 Å². The van der Waals surface area contributed by atoms with Gasteiger partial charge in [0.25, 0.3) is 0 Å². The fraction of sp³-hybridized carbons (Fsp3) is 0.615. The summed E-state index contributed by atoms with van der Waals surface area (Å²) < 4.78 is 24.3. The Balaban J connectivity index is 1.86. The number of piperazine rings is 1. The first kappa shape index (κ1) is 17.2. The molecular weight excluding hydrogens is 324 g/mol. The quantitative estimate of drug-likeness (QED) is 0.577. The van der Waals surface area contributed by atoms with Gasteiger partial charge < -0.3 is 4.90 Å². The number of hydrogen-bond acceptors (Lipinski definition) is 6. The van der Waals surface area contributed by atoms with Gasteiger partial charge in [0.05, 0.1) is 12.0 Å². The molecule has 0 atom stereocenters. The summed E-state index contributed by atoms with van der Waals surface area (Å²) >= 11 is 1.38. The molecule has 0 saturated carbocycles. The third-order valence-corrected chi connectivity index (χ3v) is 5.55. The Morgan fingerprint density at radius 1 is 1.23 bits per heavy atom. The average molecular weight is 344 g/mol. The Morgan fingerprint density at radius 3 is 2.41 bits per heavy atom. The Hall–Kier alpha value is -1.19. The van der Waals surface area contributed by atoms with Crippen molar-refractivity contribution in [2.24, 2.45) is 0 Å². The maximum absolute atomic E-state index is 12.2. The Bertz CT molecular complexity index is 635. The molecule has 0 radical (unpaired) electrons. The molecule has 22 heavy (non-hydrogen) atoms. The van der Waals surface area contributed by atoms with Crippen LogP contribution in [0.15, 0.2) is 11.1 Å². The number of rotatable bonds is 4. The van der Waals surface area contributed by atoms with E-state index >= 15 is 0 Å². The van der Waals surface area contributed by atoms with E-state index in [2.05, 4.69) is 9.97 Å². The molecule has 0 spiro atoms. The summed E-state index contributed by atoms with van der Waals surface area (Å²) in [6, 6.07) is 1.85. The van der Waals surface area contributed by atoms with Crippen LogP contribution >= 0.6 is 11.8 Å². The van der Waals surface area contributed by atoms with Crippen molar-refractivity contribution in [1.82, 2.24) is 19.2 Å². The first-order valence-corrected chi connectivity index (χ1v) is 9.77. The zero-order chi connectivity index (χ0) is 16.3. The third-order valence-electron chi connectivity index (χ3n) is 3.35. The van der Waals surface area contributed by atoms with Gasteiger partial charge in [-0.05, 0) is 19.9 Å². The molecule has 1 aromatic heterocycles. The number of hydrogen-bond donors (Lipinski definition) is 0. The van der Waals surface area contributed by atoms with E-state index in [1.807, 2.05) is 19.9 Å². The Morgan fingerprint density at radius 2 is 1.86 bits per heavy atom. The lowest BCUT2D eigenvalue weighted by Gasteiger charge is -2.33. The fourth-order valence-electron chi connectivity index (χ4n) is 2.25. The number of carbonyl (C=O) groups excluding carboxylic acids is 1. The summed E-state index contributed by atoms with van der Waals surface area (Å²) in [6.45, 7) is 5.32. The number of sulfonamides is 1. The van der Waals surface area contributed by atoms with E-state index in [1.165, 1.54) is 22.3 Å². The minimum atomic E-state index is -3.17. The summed E-state index contributed by atoms with van der Waals surface area (Å²) in [6.07, 6.45) is 1.19. The molecule has 1 amide bonds. The van der Waals surface area contributed by atoms with E-state index in [1.54, 1.807) is 4.90 Å². The van der Waals surface area contributed by atoms with Crippen LogP contribution in [-0.4, -0.2) is 71.7 Å². The zero-order valence-electron chi connectivity index (χ0n) is 12.9. The van der Waals surface area contributed by atoms with Crippen LogP contribution in [0.4, 0.5) is 0 Å². The molecule has 1 aliphatic rings. The van der Waals surface area contributed by atoms with Crippen molar-refractivity contribution >= 4 is 27.7 Å². The van der Waals surface area contributed by atoms with Crippen LogP contribution in [0.3, 0.4) is 0 Å². The zero-order valence-corrected chi connectivity index (χ0v) is 14.6. The smallest absolute Gasteiger partial charge is 0.233 e. The number of aryl methyl sites for hydroxylation is 2. The van der Waals surface area contributed by atoms with Crippen LogP contribution in [0.1, 0.15) is 11.5 Å². The second-order valence-corrected chi connectivity index (χ2v) is 8.20. The van der Waals surface area contributed by atoms with E-state index in [0.717, 1.165) is 10.7 Å². The van der Waals surface area contributed by atoms with Crippen molar-refractivity contribution in [3.63, 3.8) is 0 Å². The SMILES string of the molecule is Cc1cc(SCC(=O)N2CCN(S(C)(=O)=O)CC2)nc(C)n1. The summed E-state index contributed by atoms with van der Waals surface area (Å²) in [5.41, 5.74) is 0.879. The highest BCUT2D eigenvalue weighted by Gasteiger charge is 2.25. The van der Waals surface area contributed by atoms with E-state index in [4.69, 9.17) is 0 Å². The average Bonchev–Trinajstić information content (AvgIpc) is 2.43. The van der Waals surface area contributed by atoms with Gasteiger partial charge in [-0.15, -0.1) is 0 Å². The lowest BCUT2D eigenvalue weighted by molar-refractivity contribution is -0.129. The third kappa shape index (κ3) is 4.65. The monoisotopic (exact) mass is 344 g/mol. The van der Waals surface area contributed by atoms with Gasteiger partial charge >= 0.3 is 0 Å². The minimum absolute atomic E-state index is 0.00655. The molecule has 0 N–H and O–H groups in total. The molecule has 9 heteroatoms. The summed E-state index contributed by atoms with van der Waals surface area (Å²) in [5.74, 6) is 0.998. The van der Waals surface area contributed by atoms with Crippen LogP contribution < -0.4 is 0 Å². The van der Waals surface area contributed by atoms with Crippen molar-refractivity contribution in [3.8, 4) is 0 Å². The first-order chi connectivity index (χ1) is 10.3. The van der Waals surface area contributed by atoms with Crippen molar-refractivity contribution in [2.75, 3.05) is 38.2 Å². The number of amides is 1. The minimum Gasteiger partial charge on any atom is -0.339 e.